The molecule has 0 saturated carbocycles. The van der Waals surface area contributed by atoms with Crippen molar-refractivity contribution in [2.24, 2.45) is 0 Å². The topological polar surface area (TPSA) is 35.5 Å². The summed E-state index contributed by atoms with van der Waals surface area (Å²) < 4.78 is 10.2. The highest BCUT2D eigenvalue weighted by Crippen LogP contribution is 2.13. The molecule has 1 aromatic carbocycles. The zero-order valence-electron chi connectivity index (χ0n) is 11.4. The molecule has 0 heterocycles. The van der Waals surface area contributed by atoms with Crippen molar-refractivity contribution in [2.75, 3.05) is 19.6 Å². The van der Waals surface area contributed by atoms with E-state index in [-0.39, 0.29) is 5.97 Å². The number of halogens is 1. The van der Waals surface area contributed by atoms with Crippen LogP contribution in [0.1, 0.15) is 31.2 Å². The molecule has 0 unspecified atom stereocenters. The Kier molecular flexibility index (Phi) is 8.07. The highest BCUT2D eigenvalue weighted by atomic mass is 35.5. The first-order valence-corrected chi connectivity index (χ1v) is 7.14. The summed E-state index contributed by atoms with van der Waals surface area (Å²) in [5.41, 5.74) is 0.932. The van der Waals surface area contributed by atoms with Crippen molar-refractivity contribution in [2.45, 2.75) is 32.1 Å². The van der Waals surface area contributed by atoms with Crippen molar-refractivity contribution in [3.05, 3.63) is 29.8 Å². The summed E-state index contributed by atoms with van der Waals surface area (Å²) in [5.74, 6) is 1.35. The van der Waals surface area contributed by atoms with Gasteiger partial charge in [-0.25, -0.2) is 0 Å². The van der Waals surface area contributed by atoms with Crippen molar-refractivity contribution < 1.29 is 14.3 Å². The lowest BCUT2D eigenvalue weighted by Crippen LogP contribution is -2.04. The molecule has 0 aliphatic heterocycles. The van der Waals surface area contributed by atoms with Gasteiger partial charge in [-0.15, -0.1) is 11.6 Å². The minimum Gasteiger partial charge on any atom is -0.494 e. The molecule has 0 saturated heterocycles. The predicted octanol–water partition coefficient (Wildman–Crippen LogP) is 3.58. The first-order chi connectivity index (χ1) is 9.26. The van der Waals surface area contributed by atoms with Crippen LogP contribution in [0.25, 0.3) is 0 Å². The smallest absolute Gasteiger partial charge is 0.309 e. The van der Waals surface area contributed by atoms with Gasteiger partial charge < -0.3 is 9.47 Å². The maximum absolute atomic E-state index is 11.1. The molecule has 0 spiro atoms. The molecule has 0 fully saturated rings. The zero-order valence-corrected chi connectivity index (χ0v) is 12.1. The summed E-state index contributed by atoms with van der Waals surface area (Å²) in [6, 6.07) is 7.55. The number of esters is 1. The number of hydrogen-bond donors (Lipinski definition) is 0. The van der Waals surface area contributed by atoms with Crippen LogP contribution >= 0.6 is 11.6 Å². The van der Waals surface area contributed by atoms with Crippen LogP contribution in [0.2, 0.25) is 0 Å². The second kappa shape index (κ2) is 9.68. The van der Waals surface area contributed by atoms with Crippen LogP contribution < -0.4 is 4.74 Å². The van der Waals surface area contributed by atoms with Gasteiger partial charge in [-0.05, 0) is 30.5 Å². The second-order valence-corrected chi connectivity index (χ2v) is 4.73. The third kappa shape index (κ3) is 7.06. The van der Waals surface area contributed by atoms with Gasteiger partial charge in [0.15, 0.2) is 0 Å². The van der Waals surface area contributed by atoms with Crippen molar-refractivity contribution >= 4 is 17.6 Å². The molecule has 3 nitrogen and oxygen atoms in total. The molecule has 0 atom stereocenters. The summed E-state index contributed by atoms with van der Waals surface area (Å²) in [6.45, 7) is 0.721. The van der Waals surface area contributed by atoms with Gasteiger partial charge in [-0.3, -0.25) is 4.79 Å². The van der Waals surface area contributed by atoms with Crippen LogP contribution in [0.15, 0.2) is 24.3 Å². The Morgan fingerprint density at radius 1 is 1.11 bits per heavy atom. The second-order valence-electron chi connectivity index (χ2n) is 4.35. The molecule has 0 aliphatic carbocycles. The Hall–Kier alpha value is -1.22. The predicted molar refractivity (Wildman–Crippen MR) is 76.8 cm³/mol. The van der Waals surface area contributed by atoms with Gasteiger partial charge in [0.2, 0.25) is 0 Å². The standard InChI is InChI=1S/C15H21ClO3/c1-18-15(17)12-13-6-8-14(9-7-13)19-11-5-3-2-4-10-16/h6-9H,2-5,10-12H2,1H3. The van der Waals surface area contributed by atoms with Gasteiger partial charge in [0.25, 0.3) is 0 Å². The lowest BCUT2D eigenvalue weighted by Gasteiger charge is -2.07. The van der Waals surface area contributed by atoms with Gasteiger partial charge in [0.1, 0.15) is 5.75 Å². The fraction of sp³-hybridized carbons (Fsp3) is 0.533. The molecule has 19 heavy (non-hydrogen) atoms. The number of hydrogen-bond acceptors (Lipinski definition) is 3. The molecular weight excluding hydrogens is 264 g/mol. The average Bonchev–Trinajstić information content (AvgIpc) is 2.44. The molecule has 4 heteroatoms. The molecule has 0 N–H and O–H groups in total. The summed E-state index contributed by atoms with van der Waals surface area (Å²) in [5, 5.41) is 0. The minimum absolute atomic E-state index is 0.229. The van der Waals surface area contributed by atoms with Crippen molar-refractivity contribution in [1.82, 2.24) is 0 Å². The monoisotopic (exact) mass is 284 g/mol. The Bertz CT molecular complexity index is 362. The number of unbranched alkanes of at least 4 members (excludes halogenated alkanes) is 3. The van der Waals surface area contributed by atoms with E-state index in [0.717, 1.165) is 49.5 Å². The number of alkyl halides is 1. The van der Waals surface area contributed by atoms with E-state index in [4.69, 9.17) is 16.3 Å². The number of ether oxygens (including phenoxy) is 2. The van der Waals surface area contributed by atoms with E-state index in [9.17, 15) is 4.79 Å². The maximum Gasteiger partial charge on any atom is 0.309 e. The number of rotatable bonds is 9. The molecule has 106 valence electrons. The Labute approximate surface area is 119 Å². The minimum atomic E-state index is -0.229. The Balaban J connectivity index is 2.22. The van der Waals surface area contributed by atoms with Crippen molar-refractivity contribution in [3.8, 4) is 5.75 Å². The molecule has 1 rings (SSSR count). The average molecular weight is 285 g/mol. The normalized spacial score (nSPS) is 10.2. The molecule has 0 aromatic heterocycles. The number of methoxy groups -OCH3 is 1. The summed E-state index contributed by atoms with van der Waals surface area (Å²) in [7, 11) is 1.39. The fourth-order valence-electron chi connectivity index (χ4n) is 1.68. The Morgan fingerprint density at radius 2 is 1.79 bits per heavy atom. The van der Waals surface area contributed by atoms with E-state index in [1.54, 1.807) is 0 Å². The fourth-order valence-corrected chi connectivity index (χ4v) is 1.87. The molecule has 0 bridgehead atoms. The van der Waals surface area contributed by atoms with E-state index in [0.29, 0.717) is 6.42 Å². The van der Waals surface area contributed by atoms with Crippen molar-refractivity contribution in [3.63, 3.8) is 0 Å². The summed E-state index contributed by atoms with van der Waals surface area (Å²) in [4.78, 5) is 11.1. The third-order valence-corrected chi connectivity index (χ3v) is 3.06. The zero-order chi connectivity index (χ0) is 13.9. The van der Waals surface area contributed by atoms with Gasteiger partial charge in [-0.1, -0.05) is 25.0 Å². The van der Waals surface area contributed by atoms with Crippen LogP contribution in [0.3, 0.4) is 0 Å². The van der Waals surface area contributed by atoms with E-state index in [2.05, 4.69) is 4.74 Å². The summed E-state index contributed by atoms with van der Waals surface area (Å²) >= 11 is 5.61. The lowest BCUT2D eigenvalue weighted by atomic mass is 10.1. The van der Waals surface area contributed by atoms with Gasteiger partial charge >= 0.3 is 5.97 Å². The van der Waals surface area contributed by atoms with E-state index in [1.165, 1.54) is 7.11 Å². The van der Waals surface area contributed by atoms with Crippen LogP contribution in [-0.2, 0) is 16.0 Å². The molecule has 1 aromatic rings. The highest BCUT2D eigenvalue weighted by Gasteiger charge is 2.02. The number of benzene rings is 1. The van der Waals surface area contributed by atoms with E-state index >= 15 is 0 Å². The molecule has 0 amide bonds. The van der Waals surface area contributed by atoms with Crippen LogP contribution in [-0.4, -0.2) is 25.6 Å². The molecule has 0 aliphatic rings. The molecule has 0 radical (unpaired) electrons. The quantitative estimate of drug-likeness (QED) is 0.395. The van der Waals surface area contributed by atoms with Gasteiger partial charge in [0.05, 0.1) is 20.1 Å². The molecular formula is C15H21ClO3. The van der Waals surface area contributed by atoms with Crippen molar-refractivity contribution in [1.29, 1.82) is 0 Å². The first-order valence-electron chi connectivity index (χ1n) is 6.61. The largest absolute Gasteiger partial charge is 0.494 e. The number of carbonyl (C=O) groups excluding carboxylic acids is 1. The SMILES string of the molecule is COC(=O)Cc1ccc(OCCCCCCCl)cc1. The van der Waals surface area contributed by atoms with Crippen LogP contribution in [0.4, 0.5) is 0 Å². The summed E-state index contributed by atoms with van der Waals surface area (Å²) in [6.07, 6.45) is 4.72. The van der Waals surface area contributed by atoms with Crippen LogP contribution in [0.5, 0.6) is 5.75 Å². The Morgan fingerprint density at radius 3 is 2.42 bits per heavy atom. The van der Waals surface area contributed by atoms with E-state index in [1.807, 2.05) is 24.3 Å². The third-order valence-electron chi connectivity index (χ3n) is 2.80. The van der Waals surface area contributed by atoms with Crippen LogP contribution in [0, 0.1) is 0 Å². The lowest BCUT2D eigenvalue weighted by molar-refractivity contribution is -0.139. The van der Waals surface area contributed by atoms with Gasteiger partial charge in [-0.2, -0.15) is 0 Å². The maximum atomic E-state index is 11.1. The van der Waals surface area contributed by atoms with Gasteiger partial charge in [0, 0.05) is 5.88 Å². The first kappa shape index (κ1) is 15.8. The highest BCUT2D eigenvalue weighted by molar-refractivity contribution is 6.17. The number of carbonyl (C=O) groups is 1. The van der Waals surface area contributed by atoms with E-state index < -0.39 is 0 Å².